The molecule has 33 heavy (non-hydrogen) atoms. The standard InChI is InChI=1S/C24H23F2N3O3S/c1-14(29(2)12-15-9-10-18(32-24(25)26)19(11-15)31-3)21-27-22(30)20-17(13-33-23(20)28-21)16-7-5-4-6-8-16/h4-11,13-14,24H,12H2,1-3H3,(H,27,28,30)/t14-/m1/s1. The van der Waals surface area contributed by atoms with E-state index in [-0.39, 0.29) is 23.1 Å². The molecular weight excluding hydrogens is 448 g/mol. The van der Waals surface area contributed by atoms with Crippen LogP contribution in [0.2, 0.25) is 0 Å². The molecule has 2 heterocycles. The van der Waals surface area contributed by atoms with Crippen LogP contribution in [0.3, 0.4) is 0 Å². The summed E-state index contributed by atoms with van der Waals surface area (Å²) in [4.78, 5) is 23.3. The molecule has 0 aliphatic carbocycles. The lowest BCUT2D eigenvalue weighted by atomic mass is 10.1. The zero-order valence-corrected chi connectivity index (χ0v) is 19.2. The molecule has 1 N–H and O–H groups in total. The Morgan fingerprint density at radius 1 is 1.15 bits per heavy atom. The molecule has 4 aromatic rings. The van der Waals surface area contributed by atoms with Gasteiger partial charge in [-0.3, -0.25) is 9.69 Å². The van der Waals surface area contributed by atoms with Crippen LogP contribution >= 0.6 is 11.3 Å². The second-order valence-electron chi connectivity index (χ2n) is 7.60. The maximum atomic E-state index is 13.0. The summed E-state index contributed by atoms with van der Waals surface area (Å²) < 4.78 is 34.8. The maximum absolute atomic E-state index is 13.0. The minimum absolute atomic E-state index is 0.0182. The van der Waals surface area contributed by atoms with Crippen LogP contribution in [-0.4, -0.2) is 35.6 Å². The number of ether oxygens (including phenoxy) is 2. The summed E-state index contributed by atoms with van der Waals surface area (Å²) in [6.45, 7) is -0.500. The molecule has 0 spiro atoms. The quantitative estimate of drug-likeness (QED) is 0.370. The van der Waals surface area contributed by atoms with Crippen LogP contribution in [-0.2, 0) is 6.54 Å². The van der Waals surface area contributed by atoms with Crippen LogP contribution in [0.25, 0.3) is 21.3 Å². The molecule has 0 fully saturated rings. The third-order valence-corrected chi connectivity index (χ3v) is 6.35. The van der Waals surface area contributed by atoms with Crippen LogP contribution in [0, 0.1) is 0 Å². The molecule has 0 bridgehead atoms. The first-order chi connectivity index (χ1) is 15.9. The summed E-state index contributed by atoms with van der Waals surface area (Å²) >= 11 is 1.44. The number of benzene rings is 2. The third kappa shape index (κ3) is 4.89. The number of aromatic amines is 1. The number of H-pyrrole nitrogens is 1. The fraction of sp³-hybridized carbons (Fsp3) is 0.250. The van der Waals surface area contributed by atoms with Crippen molar-refractivity contribution in [1.82, 2.24) is 14.9 Å². The topological polar surface area (TPSA) is 67.5 Å². The summed E-state index contributed by atoms with van der Waals surface area (Å²) in [5, 5.41) is 2.54. The van der Waals surface area contributed by atoms with Gasteiger partial charge in [-0.2, -0.15) is 8.78 Å². The Labute approximate surface area is 193 Å². The van der Waals surface area contributed by atoms with Crippen molar-refractivity contribution in [3.05, 3.63) is 75.7 Å². The first kappa shape index (κ1) is 22.9. The van der Waals surface area contributed by atoms with Crippen LogP contribution in [0.15, 0.2) is 58.7 Å². The van der Waals surface area contributed by atoms with Crippen molar-refractivity contribution in [2.24, 2.45) is 0 Å². The Balaban J connectivity index is 1.57. The van der Waals surface area contributed by atoms with Crippen molar-refractivity contribution < 1.29 is 18.3 Å². The average Bonchev–Trinajstić information content (AvgIpc) is 3.24. The highest BCUT2D eigenvalue weighted by atomic mass is 32.1. The molecule has 0 aliphatic rings. The van der Waals surface area contributed by atoms with Crippen LogP contribution in [0.4, 0.5) is 8.78 Å². The normalized spacial score (nSPS) is 12.5. The van der Waals surface area contributed by atoms with Crippen molar-refractivity contribution in [3.8, 4) is 22.6 Å². The molecule has 2 aromatic carbocycles. The molecule has 0 radical (unpaired) electrons. The van der Waals surface area contributed by atoms with E-state index in [9.17, 15) is 13.6 Å². The first-order valence-corrected chi connectivity index (χ1v) is 11.1. The maximum Gasteiger partial charge on any atom is 0.387 e. The average molecular weight is 472 g/mol. The zero-order valence-electron chi connectivity index (χ0n) is 18.3. The SMILES string of the molecule is COc1cc(CN(C)[C@H](C)c2nc3scc(-c4ccccc4)c3c(=O)[nH]2)ccc1OC(F)F. The molecule has 1 atom stereocenters. The Kier molecular flexibility index (Phi) is 6.71. The lowest BCUT2D eigenvalue weighted by Gasteiger charge is -2.24. The molecule has 0 saturated heterocycles. The van der Waals surface area contributed by atoms with E-state index in [0.717, 1.165) is 16.7 Å². The van der Waals surface area contributed by atoms with Gasteiger partial charge in [0.1, 0.15) is 10.7 Å². The number of hydrogen-bond donors (Lipinski definition) is 1. The van der Waals surface area contributed by atoms with E-state index in [2.05, 4.69) is 9.72 Å². The molecule has 172 valence electrons. The zero-order chi connectivity index (χ0) is 23.5. The van der Waals surface area contributed by atoms with Gasteiger partial charge in [-0.15, -0.1) is 11.3 Å². The monoisotopic (exact) mass is 471 g/mol. The van der Waals surface area contributed by atoms with E-state index >= 15 is 0 Å². The van der Waals surface area contributed by atoms with Crippen molar-refractivity contribution in [2.75, 3.05) is 14.2 Å². The van der Waals surface area contributed by atoms with Crippen molar-refractivity contribution in [1.29, 1.82) is 0 Å². The smallest absolute Gasteiger partial charge is 0.387 e. The molecule has 6 nitrogen and oxygen atoms in total. The summed E-state index contributed by atoms with van der Waals surface area (Å²) in [7, 11) is 3.30. The number of rotatable bonds is 8. The number of nitrogens with zero attached hydrogens (tertiary/aromatic N) is 2. The fourth-order valence-corrected chi connectivity index (χ4v) is 4.59. The minimum Gasteiger partial charge on any atom is -0.493 e. The Morgan fingerprint density at radius 3 is 2.61 bits per heavy atom. The largest absolute Gasteiger partial charge is 0.493 e. The highest BCUT2D eigenvalue weighted by Gasteiger charge is 2.19. The van der Waals surface area contributed by atoms with E-state index in [1.165, 1.54) is 24.5 Å². The number of methoxy groups -OCH3 is 1. The number of alkyl halides is 2. The summed E-state index contributed by atoms with van der Waals surface area (Å²) in [6, 6.07) is 14.4. The van der Waals surface area contributed by atoms with Gasteiger partial charge < -0.3 is 14.5 Å². The summed E-state index contributed by atoms with van der Waals surface area (Å²) in [6.07, 6.45) is 0. The molecule has 2 aromatic heterocycles. The minimum atomic E-state index is -2.93. The van der Waals surface area contributed by atoms with E-state index in [0.29, 0.717) is 22.6 Å². The van der Waals surface area contributed by atoms with Gasteiger partial charge in [0.2, 0.25) is 0 Å². The van der Waals surface area contributed by atoms with Gasteiger partial charge in [0.05, 0.1) is 18.5 Å². The number of fused-ring (bicyclic) bond motifs is 1. The van der Waals surface area contributed by atoms with Gasteiger partial charge in [0.25, 0.3) is 5.56 Å². The molecule has 4 rings (SSSR count). The second-order valence-corrected chi connectivity index (χ2v) is 8.46. The molecule has 0 saturated carbocycles. The number of halogens is 2. The number of nitrogens with one attached hydrogen (secondary N) is 1. The van der Waals surface area contributed by atoms with E-state index in [4.69, 9.17) is 9.72 Å². The predicted octanol–water partition coefficient (Wildman–Crippen LogP) is 5.45. The van der Waals surface area contributed by atoms with Gasteiger partial charge in [-0.25, -0.2) is 4.98 Å². The highest BCUT2D eigenvalue weighted by Crippen LogP contribution is 2.32. The summed E-state index contributed by atoms with van der Waals surface area (Å²) in [5.74, 6) is 0.769. The summed E-state index contributed by atoms with van der Waals surface area (Å²) in [5.41, 5.74) is 2.51. The van der Waals surface area contributed by atoms with Gasteiger partial charge in [0.15, 0.2) is 11.5 Å². The van der Waals surface area contributed by atoms with Gasteiger partial charge in [0, 0.05) is 17.5 Å². The fourth-order valence-electron chi connectivity index (χ4n) is 3.63. The van der Waals surface area contributed by atoms with Crippen molar-refractivity contribution in [2.45, 2.75) is 26.1 Å². The van der Waals surface area contributed by atoms with Gasteiger partial charge in [-0.05, 0) is 37.2 Å². The highest BCUT2D eigenvalue weighted by molar-refractivity contribution is 7.17. The Hall–Kier alpha value is -3.30. The number of aromatic nitrogens is 2. The Bertz CT molecular complexity index is 1310. The van der Waals surface area contributed by atoms with Crippen LogP contribution < -0.4 is 15.0 Å². The van der Waals surface area contributed by atoms with E-state index in [1.54, 1.807) is 12.1 Å². The lowest BCUT2D eigenvalue weighted by molar-refractivity contribution is -0.0512. The van der Waals surface area contributed by atoms with E-state index in [1.807, 2.05) is 54.6 Å². The molecular formula is C24H23F2N3O3S. The van der Waals surface area contributed by atoms with Crippen molar-refractivity contribution in [3.63, 3.8) is 0 Å². The van der Waals surface area contributed by atoms with E-state index < -0.39 is 6.61 Å². The molecule has 9 heteroatoms. The third-order valence-electron chi connectivity index (χ3n) is 5.48. The predicted molar refractivity (Wildman–Crippen MR) is 125 cm³/mol. The van der Waals surface area contributed by atoms with Crippen molar-refractivity contribution >= 4 is 21.6 Å². The number of thiophene rings is 1. The second kappa shape index (κ2) is 9.68. The molecule has 0 unspecified atom stereocenters. The number of hydrogen-bond acceptors (Lipinski definition) is 6. The first-order valence-electron chi connectivity index (χ1n) is 10.3. The van der Waals surface area contributed by atoms with Crippen LogP contribution in [0.1, 0.15) is 24.4 Å². The lowest BCUT2D eigenvalue weighted by Crippen LogP contribution is -2.25. The molecule has 0 aliphatic heterocycles. The van der Waals surface area contributed by atoms with Gasteiger partial charge in [-0.1, -0.05) is 36.4 Å². The molecule has 0 amide bonds. The Morgan fingerprint density at radius 2 is 1.91 bits per heavy atom. The van der Waals surface area contributed by atoms with Crippen LogP contribution in [0.5, 0.6) is 11.5 Å². The van der Waals surface area contributed by atoms with Gasteiger partial charge >= 0.3 is 6.61 Å².